The molecule has 0 aromatic heterocycles. The fraction of sp³-hybridized carbons (Fsp3) is 0.333. The van der Waals surface area contributed by atoms with E-state index in [1.54, 1.807) is 6.07 Å². The minimum atomic E-state index is -1.09. The first-order valence-electron chi connectivity index (χ1n) is 7.38. The van der Waals surface area contributed by atoms with Crippen molar-refractivity contribution >= 4 is 0 Å². The highest BCUT2D eigenvalue weighted by Crippen LogP contribution is 2.45. The monoisotopic (exact) mass is 286 g/mol. The standard InChI is InChI=1S/C18H19FO2/c1-2-11-21-17-6-4-3-5-16(17)18(20)10-9-13-12-14(19)7-8-15(13)18/h3-8,12,20H,2,9-11H2,1H3. The zero-order valence-electron chi connectivity index (χ0n) is 12.1. The summed E-state index contributed by atoms with van der Waals surface area (Å²) < 4.78 is 19.1. The van der Waals surface area contributed by atoms with Crippen molar-refractivity contribution in [2.45, 2.75) is 31.8 Å². The number of benzene rings is 2. The molecule has 1 aliphatic carbocycles. The molecule has 1 atom stereocenters. The second-order valence-corrected chi connectivity index (χ2v) is 5.51. The molecule has 1 unspecified atom stereocenters. The smallest absolute Gasteiger partial charge is 0.125 e. The summed E-state index contributed by atoms with van der Waals surface area (Å²) in [5.41, 5.74) is 1.34. The molecule has 0 fully saturated rings. The molecule has 2 aromatic rings. The highest BCUT2D eigenvalue weighted by Gasteiger charge is 2.40. The number of para-hydroxylation sites is 1. The van der Waals surface area contributed by atoms with Crippen LogP contribution in [0.2, 0.25) is 0 Å². The van der Waals surface area contributed by atoms with Gasteiger partial charge in [-0.2, -0.15) is 0 Å². The van der Waals surface area contributed by atoms with Gasteiger partial charge in [-0.15, -0.1) is 0 Å². The number of aryl methyl sites for hydroxylation is 1. The normalized spacial score (nSPS) is 20.3. The van der Waals surface area contributed by atoms with Gasteiger partial charge in [0.1, 0.15) is 17.2 Å². The zero-order chi connectivity index (χ0) is 14.9. The van der Waals surface area contributed by atoms with Crippen LogP contribution in [0.4, 0.5) is 4.39 Å². The van der Waals surface area contributed by atoms with E-state index in [-0.39, 0.29) is 5.82 Å². The molecule has 0 spiro atoms. The molecule has 110 valence electrons. The number of ether oxygens (including phenoxy) is 1. The first-order chi connectivity index (χ1) is 10.1. The van der Waals surface area contributed by atoms with Crippen LogP contribution in [0.25, 0.3) is 0 Å². The minimum absolute atomic E-state index is 0.256. The van der Waals surface area contributed by atoms with Crippen LogP contribution in [-0.4, -0.2) is 11.7 Å². The molecule has 0 amide bonds. The molecule has 1 aliphatic rings. The Labute approximate surface area is 124 Å². The fourth-order valence-corrected chi connectivity index (χ4v) is 3.05. The van der Waals surface area contributed by atoms with Gasteiger partial charge in [0.05, 0.1) is 6.61 Å². The van der Waals surface area contributed by atoms with E-state index < -0.39 is 5.60 Å². The molecular weight excluding hydrogens is 267 g/mol. The van der Waals surface area contributed by atoms with E-state index in [0.29, 0.717) is 25.2 Å². The van der Waals surface area contributed by atoms with Crippen LogP contribution in [-0.2, 0) is 12.0 Å². The SMILES string of the molecule is CCCOc1ccccc1C1(O)CCc2cc(F)ccc21. The lowest BCUT2D eigenvalue weighted by molar-refractivity contribution is 0.0790. The topological polar surface area (TPSA) is 29.5 Å². The van der Waals surface area contributed by atoms with Crippen molar-refractivity contribution in [1.82, 2.24) is 0 Å². The van der Waals surface area contributed by atoms with Gasteiger partial charge >= 0.3 is 0 Å². The van der Waals surface area contributed by atoms with Gasteiger partial charge < -0.3 is 9.84 Å². The van der Waals surface area contributed by atoms with Crippen molar-refractivity contribution in [3.05, 3.63) is 65.0 Å². The van der Waals surface area contributed by atoms with E-state index >= 15 is 0 Å². The van der Waals surface area contributed by atoms with E-state index in [1.807, 2.05) is 31.2 Å². The van der Waals surface area contributed by atoms with E-state index in [2.05, 4.69) is 0 Å². The van der Waals surface area contributed by atoms with E-state index in [4.69, 9.17) is 4.74 Å². The van der Waals surface area contributed by atoms with Gasteiger partial charge in [0.15, 0.2) is 0 Å². The van der Waals surface area contributed by atoms with Crippen LogP contribution in [0.15, 0.2) is 42.5 Å². The van der Waals surface area contributed by atoms with Gasteiger partial charge in [-0.25, -0.2) is 4.39 Å². The Morgan fingerprint density at radius 2 is 2.00 bits per heavy atom. The molecule has 3 heteroatoms. The summed E-state index contributed by atoms with van der Waals surface area (Å²) in [6.07, 6.45) is 2.14. The second-order valence-electron chi connectivity index (χ2n) is 5.51. The van der Waals surface area contributed by atoms with Gasteiger partial charge in [0.25, 0.3) is 0 Å². The van der Waals surface area contributed by atoms with Gasteiger partial charge in [0.2, 0.25) is 0 Å². The number of hydrogen-bond acceptors (Lipinski definition) is 2. The Morgan fingerprint density at radius 1 is 1.19 bits per heavy atom. The summed E-state index contributed by atoms with van der Waals surface area (Å²) in [4.78, 5) is 0. The molecule has 0 aliphatic heterocycles. The maximum Gasteiger partial charge on any atom is 0.125 e. The highest BCUT2D eigenvalue weighted by atomic mass is 19.1. The quantitative estimate of drug-likeness (QED) is 0.926. The lowest BCUT2D eigenvalue weighted by Crippen LogP contribution is -2.25. The third-order valence-electron chi connectivity index (χ3n) is 4.06. The Morgan fingerprint density at radius 3 is 2.81 bits per heavy atom. The van der Waals surface area contributed by atoms with E-state index in [9.17, 15) is 9.50 Å². The predicted octanol–water partition coefficient (Wildman–Crippen LogP) is 3.80. The van der Waals surface area contributed by atoms with Crippen molar-refractivity contribution in [1.29, 1.82) is 0 Å². The molecule has 1 N–H and O–H groups in total. The Kier molecular flexibility index (Phi) is 3.68. The van der Waals surface area contributed by atoms with Crippen LogP contribution < -0.4 is 4.74 Å². The summed E-state index contributed by atoms with van der Waals surface area (Å²) in [5, 5.41) is 11.2. The maximum atomic E-state index is 13.4. The summed E-state index contributed by atoms with van der Waals surface area (Å²) in [6, 6.07) is 12.2. The summed E-state index contributed by atoms with van der Waals surface area (Å²) in [5.74, 6) is 0.451. The Bertz CT molecular complexity index is 653. The van der Waals surface area contributed by atoms with Crippen molar-refractivity contribution in [2.24, 2.45) is 0 Å². The first kappa shape index (κ1) is 14.1. The van der Waals surface area contributed by atoms with Crippen LogP contribution in [0.1, 0.15) is 36.5 Å². The van der Waals surface area contributed by atoms with E-state index in [0.717, 1.165) is 23.1 Å². The van der Waals surface area contributed by atoms with Crippen molar-refractivity contribution in [2.75, 3.05) is 6.61 Å². The molecule has 21 heavy (non-hydrogen) atoms. The third kappa shape index (κ3) is 2.42. The number of aliphatic hydroxyl groups is 1. The lowest BCUT2D eigenvalue weighted by Gasteiger charge is -2.27. The molecular formula is C18H19FO2. The van der Waals surface area contributed by atoms with Crippen LogP contribution in [0, 0.1) is 5.82 Å². The van der Waals surface area contributed by atoms with Crippen LogP contribution >= 0.6 is 0 Å². The van der Waals surface area contributed by atoms with Crippen molar-refractivity contribution in [3.8, 4) is 5.75 Å². The third-order valence-corrected chi connectivity index (χ3v) is 4.06. The Hall–Kier alpha value is -1.87. The van der Waals surface area contributed by atoms with Gasteiger partial charge in [-0.05, 0) is 48.6 Å². The zero-order valence-corrected chi connectivity index (χ0v) is 12.1. The van der Waals surface area contributed by atoms with Gasteiger partial charge in [-0.3, -0.25) is 0 Å². The average molecular weight is 286 g/mol. The average Bonchev–Trinajstić information content (AvgIpc) is 2.83. The van der Waals surface area contributed by atoms with Crippen molar-refractivity contribution in [3.63, 3.8) is 0 Å². The summed E-state index contributed by atoms with van der Waals surface area (Å²) >= 11 is 0. The van der Waals surface area contributed by atoms with Crippen LogP contribution in [0.3, 0.4) is 0 Å². The van der Waals surface area contributed by atoms with Gasteiger partial charge in [-0.1, -0.05) is 31.2 Å². The number of halogens is 1. The Balaban J connectivity index is 2.05. The molecule has 0 heterocycles. The fourth-order valence-electron chi connectivity index (χ4n) is 3.05. The molecule has 0 radical (unpaired) electrons. The van der Waals surface area contributed by atoms with Crippen LogP contribution in [0.5, 0.6) is 5.75 Å². The molecule has 0 saturated heterocycles. The molecule has 2 aromatic carbocycles. The maximum absolute atomic E-state index is 13.4. The first-order valence-corrected chi connectivity index (χ1v) is 7.38. The number of fused-ring (bicyclic) bond motifs is 1. The minimum Gasteiger partial charge on any atom is -0.493 e. The summed E-state index contributed by atoms with van der Waals surface area (Å²) in [6.45, 7) is 2.66. The lowest BCUT2D eigenvalue weighted by atomic mass is 9.87. The largest absolute Gasteiger partial charge is 0.493 e. The number of rotatable bonds is 4. The molecule has 2 nitrogen and oxygen atoms in total. The van der Waals surface area contributed by atoms with Gasteiger partial charge in [0, 0.05) is 5.56 Å². The van der Waals surface area contributed by atoms with E-state index in [1.165, 1.54) is 12.1 Å². The van der Waals surface area contributed by atoms with Crippen molar-refractivity contribution < 1.29 is 14.2 Å². The summed E-state index contributed by atoms with van der Waals surface area (Å²) in [7, 11) is 0. The highest BCUT2D eigenvalue weighted by molar-refractivity contribution is 5.50. The predicted molar refractivity (Wildman–Crippen MR) is 79.9 cm³/mol. The second kappa shape index (κ2) is 5.49. The number of hydrogen-bond donors (Lipinski definition) is 1. The molecule has 0 saturated carbocycles. The molecule has 0 bridgehead atoms. The molecule has 3 rings (SSSR count).